The molecular formula is C20H21F2NO2. The van der Waals surface area contributed by atoms with Gasteiger partial charge in [-0.1, -0.05) is 31.2 Å². The number of halogens is 2. The van der Waals surface area contributed by atoms with Gasteiger partial charge in [-0.05, 0) is 43.5 Å². The molecule has 132 valence electrons. The topological polar surface area (TPSA) is 38.3 Å². The molecule has 0 aliphatic carbocycles. The fourth-order valence-electron chi connectivity index (χ4n) is 3.12. The first-order valence-electron chi connectivity index (χ1n) is 8.45. The van der Waals surface area contributed by atoms with Gasteiger partial charge >= 0.3 is 0 Å². The molecule has 0 fully saturated rings. The van der Waals surface area contributed by atoms with Crippen LogP contribution in [0.5, 0.6) is 5.75 Å². The number of carbonyl (C=O) groups excluding carboxylic acids is 1. The van der Waals surface area contributed by atoms with Crippen LogP contribution in [-0.4, -0.2) is 18.1 Å². The third-order valence-electron chi connectivity index (χ3n) is 4.61. The van der Waals surface area contributed by atoms with Crippen LogP contribution in [0.4, 0.5) is 8.78 Å². The number of rotatable bonds is 5. The number of benzene rings is 2. The summed E-state index contributed by atoms with van der Waals surface area (Å²) in [6.45, 7) is 3.87. The van der Waals surface area contributed by atoms with Crippen LogP contribution in [0, 0.1) is 11.6 Å². The van der Waals surface area contributed by atoms with Crippen LogP contribution in [0.25, 0.3) is 0 Å². The Bertz CT molecular complexity index is 778. The molecule has 3 rings (SSSR count). The molecule has 0 aromatic heterocycles. The van der Waals surface area contributed by atoms with Crippen molar-refractivity contribution in [3.63, 3.8) is 0 Å². The number of hydrogen-bond donors (Lipinski definition) is 1. The molecule has 3 unspecified atom stereocenters. The number of fused-ring (bicyclic) bond motifs is 1. The molecule has 1 aliphatic heterocycles. The van der Waals surface area contributed by atoms with Gasteiger partial charge in [-0.3, -0.25) is 4.79 Å². The van der Waals surface area contributed by atoms with Gasteiger partial charge in [0.1, 0.15) is 5.75 Å². The highest BCUT2D eigenvalue weighted by Crippen LogP contribution is 2.37. The normalized spacial score (nSPS) is 19.8. The molecular weight excluding hydrogens is 324 g/mol. The Labute approximate surface area is 146 Å². The molecule has 0 saturated carbocycles. The lowest BCUT2D eigenvalue weighted by Gasteiger charge is -2.19. The minimum atomic E-state index is -0.850. The zero-order valence-corrected chi connectivity index (χ0v) is 14.3. The van der Waals surface area contributed by atoms with E-state index < -0.39 is 17.7 Å². The van der Waals surface area contributed by atoms with Crippen molar-refractivity contribution in [3.05, 3.63) is 65.2 Å². The van der Waals surface area contributed by atoms with Gasteiger partial charge < -0.3 is 10.1 Å². The van der Waals surface area contributed by atoms with E-state index in [1.807, 2.05) is 38.1 Å². The summed E-state index contributed by atoms with van der Waals surface area (Å²) < 4.78 is 31.9. The van der Waals surface area contributed by atoms with Gasteiger partial charge in [0.15, 0.2) is 17.7 Å². The highest BCUT2D eigenvalue weighted by atomic mass is 19.2. The van der Waals surface area contributed by atoms with Crippen LogP contribution in [0.3, 0.4) is 0 Å². The lowest BCUT2D eigenvalue weighted by molar-refractivity contribution is -0.128. The average Bonchev–Trinajstić information content (AvgIpc) is 2.93. The smallest absolute Gasteiger partial charge is 0.261 e. The maximum absolute atomic E-state index is 13.2. The van der Waals surface area contributed by atoms with Gasteiger partial charge in [0.05, 0.1) is 0 Å². The van der Waals surface area contributed by atoms with Crippen LogP contribution in [0.2, 0.25) is 0 Å². The molecule has 1 heterocycles. The first-order chi connectivity index (χ1) is 12.0. The molecule has 1 amide bonds. The number of aryl methyl sites for hydroxylation is 1. The van der Waals surface area contributed by atoms with E-state index in [-0.39, 0.29) is 17.9 Å². The van der Waals surface area contributed by atoms with Crippen molar-refractivity contribution >= 4 is 5.91 Å². The number of carbonyl (C=O) groups is 1. The highest BCUT2D eigenvalue weighted by Gasteiger charge is 2.36. The Morgan fingerprint density at radius 3 is 2.68 bits per heavy atom. The van der Waals surface area contributed by atoms with Crippen molar-refractivity contribution in [2.24, 2.45) is 0 Å². The molecule has 2 aromatic rings. The Morgan fingerprint density at radius 1 is 1.20 bits per heavy atom. The quantitative estimate of drug-likeness (QED) is 0.891. The first-order valence-corrected chi connectivity index (χ1v) is 8.45. The fourth-order valence-corrected chi connectivity index (χ4v) is 3.12. The summed E-state index contributed by atoms with van der Waals surface area (Å²) in [4.78, 5) is 12.5. The van der Waals surface area contributed by atoms with Crippen molar-refractivity contribution in [1.82, 2.24) is 5.32 Å². The summed E-state index contributed by atoms with van der Waals surface area (Å²) in [7, 11) is 0. The van der Waals surface area contributed by atoms with Crippen LogP contribution in [0.15, 0.2) is 42.5 Å². The minimum Gasteiger partial charge on any atom is -0.480 e. The summed E-state index contributed by atoms with van der Waals surface area (Å²) in [6, 6.07) is 11.4. The van der Waals surface area contributed by atoms with Crippen molar-refractivity contribution in [1.29, 1.82) is 0 Å². The standard InChI is InChI=1S/C20H21F2NO2/c1-12(7-8-14-9-10-16(21)17(22)11-14)23-20(24)19-13(2)15-5-3-4-6-18(15)25-19/h3-6,9-13,19H,7-8H2,1-2H3,(H,23,24). The number of para-hydroxylation sites is 1. The lowest BCUT2D eigenvalue weighted by Crippen LogP contribution is -2.43. The molecule has 5 heteroatoms. The molecule has 1 N–H and O–H groups in total. The molecule has 2 aromatic carbocycles. The minimum absolute atomic E-state index is 0.00501. The Kier molecular flexibility index (Phi) is 5.02. The number of hydrogen-bond acceptors (Lipinski definition) is 2. The average molecular weight is 345 g/mol. The van der Waals surface area contributed by atoms with E-state index in [9.17, 15) is 13.6 Å². The molecule has 3 atom stereocenters. The van der Waals surface area contributed by atoms with Gasteiger partial charge in [-0.2, -0.15) is 0 Å². The van der Waals surface area contributed by atoms with Crippen LogP contribution in [-0.2, 0) is 11.2 Å². The van der Waals surface area contributed by atoms with E-state index in [0.717, 1.165) is 17.4 Å². The second kappa shape index (κ2) is 7.21. The largest absolute Gasteiger partial charge is 0.480 e. The number of nitrogens with one attached hydrogen (secondary N) is 1. The van der Waals surface area contributed by atoms with Crippen LogP contribution < -0.4 is 10.1 Å². The van der Waals surface area contributed by atoms with Crippen LogP contribution >= 0.6 is 0 Å². The third-order valence-corrected chi connectivity index (χ3v) is 4.61. The van der Waals surface area contributed by atoms with Gasteiger partial charge in [0, 0.05) is 17.5 Å². The summed E-state index contributed by atoms with van der Waals surface area (Å²) in [5.74, 6) is -1.10. The zero-order valence-electron chi connectivity index (χ0n) is 14.3. The van der Waals surface area contributed by atoms with E-state index in [0.29, 0.717) is 18.4 Å². The third kappa shape index (κ3) is 3.81. The van der Waals surface area contributed by atoms with E-state index in [4.69, 9.17) is 4.74 Å². The molecule has 0 spiro atoms. The molecule has 3 nitrogen and oxygen atoms in total. The molecule has 1 aliphatic rings. The molecule has 0 saturated heterocycles. The summed E-state index contributed by atoms with van der Waals surface area (Å²) in [5.41, 5.74) is 1.75. The molecule has 25 heavy (non-hydrogen) atoms. The molecule has 0 radical (unpaired) electrons. The summed E-state index contributed by atoms with van der Waals surface area (Å²) in [6.07, 6.45) is 0.647. The van der Waals surface area contributed by atoms with Crippen molar-refractivity contribution in [2.45, 2.75) is 44.8 Å². The SMILES string of the molecule is CC(CCc1ccc(F)c(F)c1)NC(=O)C1Oc2ccccc2C1C. The van der Waals surface area contributed by atoms with Gasteiger partial charge in [0.2, 0.25) is 0 Å². The van der Waals surface area contributed by atoms with Crippen molar-refractivity contribution in [3.8, 4) is 5.75 Å². The lowest BCUT2D eigenvalue weighted by atomic mass is 9.97. The van der Waals surface area contributed by atoms with Gasteiger partial charge in [-0.15, -0.1) is 0 Å². The Hall–Kier alpha value is -2.43. The first kappa shape index (κ1) is 17.4. The predicted molar refractivity (Wildman–Crippen MR) is 91.6 cm³/mol. The van der Waals surface area contributed by atoms with Crippen LogP contribution in [0.1, 0.15) is 37.3 Å². The van der Waals surface area contributed by atoms with E-state index >= 15 is 0 Å². The predicted octanol–water partition coefficient (Wildman–Crippen LogP) is 3.97. The Balaban J connectivity index is 1.54. The van der Waals surface area contributed by atoms with Crippen molar-refractivity contribution < 1.29 is 18.3 Å². The van der Waals surface area contributed by atoms with Gasteiger partial charge in [0.25, 0.3) is 5.91 Å². The van der Waals surface area contributed by atoms with E-state index in [1.54, 1.807) is 6.07 Å². The summed E-state index contributed by atoms with van der Waals surface area (Å²) >= 11 is 0. The molecule has 0 bridgehead atoms. The second-order valence-corrected chi connectivity index (χ2v) is 6.56. The van der Waals surface area contributed by atoms with E-state index in [1.165, 1.54) is 6.07 Å². The maximum atomic E-state index is 13.2. The maximum Gasteiger partial charge on any atom is 0.261 e. The monoisotopic (exact) mass is 345 g/mol. The number of ether oxygens (including phenoxy) is 1. The van der Waals surface area contributed by atoms with Crippen molar-refractivity contribution in [2.75, 3.05) is 0 Å². The number of amides is 1. The zero-order chi connectivity index (χ0) is 18.0. The van der Waals surface area contributed by atoms with E-state index in [2.05, 4.69) is 5.32 Å². The Morgan fingerprint density at radius 2 is 1.96 bits per heavy atom. The second-order valence-electron chi connectivity index (χ2n) is 6.56. The fraction of sp³-hybridized carbons (Fsp3) is 0.350. The van der Waals surface area contributed by atoms with Gasteiger partial charge in [-0.25, -0.2) is 8.78 Å². The summed E-state index contributed by atoms with van der Waals surface area (Å²) in [5, 5.41) is 2.95. The highest BCUT2D eigenvalue weighted by molar-refractivity contribution is 5.83.